The molecule has 0 radical (unpaired) electrons. The first kappa shape index (κ1) is 11.9. The molecule has 0 fully saturated rings. The molecule has 0 aliphatic rings. The third-order valence-electron chi connectivity index (χ3n) is 3.17. The number of nitrogens with zero attached hydrogens (tertiary/aromatic N) is 2. The largest absolute Gasteiger partial charge is 0.349 e. The Balaban J connectivity index is 1.47. The number of nitrogens with one attached hydrogen (secondary N) is 3. The molecule has 0 aromatic carbocycles. The van der Waals surface area contributed by atoms with Crippen molar-refractivity contribution in [1.29, 1.82) is 0 Å². The third-order valence-corrected chi connectivity index (χ3v) is 3.17. The Morgan fingerprint density at radius 2 is 2.16 bits per heavy atom. The molecule has 0 spiro atoms. The van der Waals surface area contributed by atoms with Crippen LogP contribution in [-0.2, 0) is 13.0 Å². The van der Waals surface area contributed by atoms with Gasteiger partial charge in [0.2, 0.25) is 0 Å². The van der Waals surface area contributed by atoms with Gasteiger partial charge in [-0.2, -0.15) is 0 Å². The summed E-state index contributed by atoms with van der Waals surface area (Å²) in [7, 11) is 0. The summed E-state index contributed by atoms with van der Waals surface area (Å²) < 4.78 is 0. The molecule has 98 valence electrons. The van der Waals surface area contributed by atoms with Crippen LogP contribution in [0.3, 0.4) is 0 Å². The summed E-state index contributed by atoms with van der Waals surface area (Å²) in [5.41, 5.74) is 2.22. The molecule has 0 unspecified atom stereocenters. The van der Waals surface area contributed by atoms with Gasteiger partial charge in [-0.3, -0.25) is 0 Å². The van der Waals surface area contributed by atoms with Crippen LogP contribution in [0.4, 0.5) is 0 Å². The highest BCUT2D eigenvalue weighted by molar-refractivity contribution is 5.79. The second-order valence-corrected chi connectivity index (χ2v) is 4.53. The summed E-state index contributed by atoms with van der Waals surface area (Å²) in [6.45, 7) is 1.84. The van der Waals surface area contributed by atoms with Crippen molar-refractivity contribution in [1.82, 2.24) is 25.3 Å². The number of rotatable bonds is 6. The highest BCUT2D eigenvalue weighted by atomic mass is 14.9. The summed E-state index contributed by atoms with van der Waals surface area (Å²) in [6.07, 6.45) is 9.55. The SMILES string of the molecule is c1cnc2[nH]cc(CNCCCc3ncc[nH]3)c2c1. The van der Waals surface area contributed by atoms with Crippen molar-refractivity contribution in [2.75, 3.05) is 6.54 Å². The van der Waals surface area contributed by atoms with E-state index in [4.69, 9.17) is 0 Å². The minimum absolute atomic E-state index is 0.865. The number of aromatic nitrogens is 4. The number of aryl methyl sites for hydroxylation is 1. The van der Waals surface area contributed by atoms with Gasteiger partial charge in [0.25, 0.3) is 0 Å². The van der Waals surface area contributed by atoms with E-state index in [2.05, 4.69) is 31.3 Å². The summed E-state index contributed by atoms with van der Waals surface area (Å²) in [4.78, 5) is 14.8. The van der Waals surface area contributed by atoms with Gasteiger partial charge >= 0.3 is 0 Å². The Hall–Kier alpha value is -2.14. The fraction of sp³-hybridized carbons (Fsp3) is 0.286. The Kier molecular flexibility index (Phi) is 3.56. The molecule has 5 nitrogen and oxygen atoms in total. The molecule has 3 heterocycles. The second kappa shape index (κ2) is 5.67. The van der Waals surface area contributed by atoms with Crippen LogP contribution in [0.15, 0.2) is 36.9 Å². The molecule has 3 aromatic heterocycles. The molecular weight excluding hydrogens is 238 g/mol. The maximum Gasteiger partial charge on any atom is 0.137 e. The van der Waals surface area contributed by atoms with E-state index in [1.807, 2.05) is 18.5 Å². The molecule has 0 aliphatic heterocycles. The van der Waals surface area contributed by atoms with Crippen molar-refractivity contribution in [3.05, 3.63) is 48.3 Å². The molecule has 5 heteroatoms. The number of pyridine rings is 1. The zero-order valence-electron chi connectivity index (χ0n) is 10.7. The van der Waals surface area contributed by atoms with E-state index in [0.717, 1.165) is 37.4 Å². The number of hydrogen-bond donors (Lipinski definition) is 3. The summed E-state index contributed by atoms with van der Waals surface area (Å²) in [6, 6.07) is 4.06. The smallest absolute Gasteiger partial charge is 0.137 e. The zero-order valence-corrected chi connectivity index (χ0v) is 10.7. The van der Waals surface area contributed by atoms with E-state index < -0.39 is 0 Å². The Bertz CT molecular complexity index is 626. The van der Waals surface area contributed by atoms with E-state index in [1.165, 1.54) is 10.9 Å². The van der Waals surface area contributed by atoms with Crippen LogP contribution in [0.5, 0.6) is 0 Å². The lowest BCUT2D eigenvalue weighted by Crippen LogP contribution is -2.15. The number of H-pyrrole nitrogens is 2. The van der Waals surface area contributed by atoms with E-state index in [-0.39, 0.29) is 0 Å². The van der Waals surface area contributed by atoms with Crippen molar-refractivity contribution >= 4 is 11.0 Å². The topological polar surface area (TPSA) is 69.4 Å². The first-order valence-electron chi connectivity index (χ1n) is 6.53. The van der Waals surface area contributed by atoms with Crippen LogP contribution in [0.1, 0.15) is 17.8 Å². The van der Waals surface area contributed by atoms with Gasteiger partial charge in [-0.15, -0.1) is 0 Å². The summed E-state index contributed by atoms with van der Waals surface area (Å²) in [5, 5.41) is 4.65. The first-order chi connectivity index (χ1) is 9.43. The summed E-state index contributed by atoms with van der Waals surface area (Å²) in [5.74, 6) is 1.05. The fourth-order valence-corrected chi connectivity index (χ4v) is 2.20. The minimum atomic E-state index is 0.865. The first-order valence-corrected chi connectivity index (χ1v) is 6.53. The molecule has 0 saturated heterocycles. The van der Waals surface area contributed by atoms with Crippen molar-refractivity contribution in [2.45, 2.75) is 19.4 Å². The Morgan fingerprint density at radius 3 is 3.05 bits per heavy atom. The van der Waals surface area contributed by atoms with Gasteiger partial charge < -0.3 is 15.3 Å². The standard InChI is InChI=1S/C14H17N5/c1-3-12-11(10-19-14(12)18-6-1)9-15-5-2-4-13-16-7-8-17-13/h1,3,6-8,10,15H,2,4-5,9H2,(H,16,17)(H,18,19). The third kappa shape index (κ3) is 2.82. The van der Waals surface area contributed by atoms with Crippen molar-refractivity contribution < 1.29 is 0 Å². The molecule has 0 amide bonds. The van der Waals surface area contributed by atoms with E-state index >= 15 is 0 Å². The lowest BCUT2D eigenvalue weighted by Gasteiger charge is -2.03. The van der Waals surface area contributed by atoms with Crippen LogP contribution in [-0.4, -0.2) is 26.5 Å². The Labute approximate surface area is 111 Å². The maximum atomic E-state index is 4.28. The number of hydrogen-bond acceptors (Lipinski definition) is 3. The van der Waals surface area contributed by atoms with Gasteiger partial charge in [0.05, 0.1) is 0 Å². The molecule has 0 aliphatic carbocycles. The average molecular weight is 255 g/mol. The van der Waals surface area contributed by atoms with E-state index in [9.17, 15) is 0 Å². The van der Waals surface area contributed by atoms with Gasteiger partial charge in [0.15, 0.2) is 0 Å². The minimum Gasteiger partial charge on any atom is -0.349 e. The molecule has 0 saturated carbocycles. The van der Waals surface area contributed by atoms with Crippen LogP contribution in [0, 0.1) is 0 Å². The number of imidazole rings is 1. The predicted octanol–water partition coefficient (Wildman–Crippen LogP) is 2.01. The normalized spacial score (nSPS) is 11.2. The van der Waals surface area contributed by atoms with Gasteiger partial charge in [-0.05, 0) is 30.7 Å². The molecule has 3 aromatic rings. The molecule has 0 atom stereocenters. The van der Waals surface area contributed by atoms with Crippen LogP contribution < -0.4 is 5.32 Å². The lowest BCUT2D eigenvalue weighted by molar-refractivity contribution is 0.643. The predicted molar refractivity (Wildman–Crippen MR) is 74.7 cm³/mol. The monoisotopic (exact) mass is 255 g/mol. The van der Waals surface area contributed by atoms with Crippen molar-refractivity contribution in [2.24, 2.45) is 0 Å². The number of aromatic amines is 2. The number of fused-ring (bicyclic) bond motifs is 1. The van der Waals surface area contributed by atoms with Gasteiger partial charge in [-0.25, -0.2) is 9.97 Å². The summed E-state index contributed by atoms with van der Waals surface area (Å²) >= 11 is 0. The molecule has 0 bridgehead atoms. The maximum absolute atomic E-state index is 4.28. The highest BCUT2D eigenvalue weighted by Crippen LogP contribution is 2.14. The molecule has 3 rings (SSSR count). The lowest BCUT2D eigenvalue weighted by atomic mass is 10.2. The van der Waals surface area contributed by atoms with Gasteiger partial charge in [-0.1, -0.05) is 0 Å². The highest BCUT2D eigenvalue weighted by Gasteiger charge is 2.02. The molecule has 3 N–H and O–H groups in total. The zero-order chi connectivity index (χ0) is 12.9. The van der Waals surface area contributed by atoms with Crippen LogP contribution in [0.25, 0.3) is 11.0 Å². The van der Waals surface area contributed by atoms with E-state index in [1.54, 1.807) is 12.4 Å². The average Bonchev–Trinajstić information content (AvgIpc) is 3.08. The molecule has 19 heavy (non-hydrogen) atoms. The van der Waals surface area contributed by atoms with Gasteiger partial charge in [0.1, 0.15) is 11.5 Å². The van der Waals surface area contributed by atoms with E-state index in [0.29, 0.717) is 0 Å². The van der Waals surface area contributed by atoms with Crippen LogP contribution in [0.2, 0.25) is 0 Å². The van der Waals surface area contributed by atoms with Crippen LogP contribution >= 0.6 is 0 Å². The van der Waals surface area contributed by atoms with Crippen molar-refractivity contribution in [3.63, 3.8) is 0 Å². The Morgan fingerprint density at radius 1 is 1.16 bits per heavy atom. The second-order valence-electron chi connectivity index (χ2n) is 4.53. The fourth-order valence-electron chi connectivity index (χ4n) is 2.20. The van der Waals surface area contributed by atoms with Crippen molar-refractivity contribution in [3.8, 4) is 0 Å². The molecular formula is C14H17N5. The quantitative estimate of drug-likeness (QED) is 0.590. The van der Waals surface area contributed by atoms with Gasteiger partial charge in [0, 0.05) is 43.1 Å².